The molecule has 1 atom stereocenters. The molecule has 0 radical (unpaired) electrons. The second kappa shape index (κ2) is 7.98. The fourth-order valence-electron chi connectivity index (χ4n) is 1.26. The number of esters is 1. The molecule has 1 aromatic carbocycles. The predicted molar refractivity (Wildman–Crippen MR) is 76.0 cm³/mol. The van der Waals surface area contributed by atoms with Crippen LogP contribution in [-0.2, 0) is 19.6 Å². The number of nitrogens with two attached hydrogens (primary N) is 1. The molecule has 7 heteroatoms. The number of benzene rings is 1. The van der Waals surface area contributed by atoms with Gasteiger partial charge in [-0.3, -0.25) is 9.35 Å². The van der Waals surface area contributed by atoms with Crippen LogP contribution in [0.4, 0.5) is 0 Å². The van der Waals surface area contributed by atoms with Crippen LogP contribution < -0.4 is 5.73 Å². The summed E-state index contributed by atoms with van der Waals surface area (Å²) in [5.74, 6) is -0.340. The standard InChI is InChI=1S/C8H10O3S.C5H11NO2/c1-6-3-4-7(2)8(5-6)12(9,10)11;1-3-8-5(7)4(2)6/h3-5H,1-2H3,(H,9,10,11);4H,3,6H2,1-2H3. The van der Waals surface area contributed by atoms with Gasteiger partial charge < -0.3 is 10.5 Å². The van der Waals surface area contributed by atoms with Gasteiger partial charge in [0, 0.05) is 0 Å². The Hall–Kier alpha value is -1.44. The van der Waals surface area contributed by atoms with Gasteiger partial charge in [-0.15, -0.1) is 0 Å². The first-order valence-corrected chi connectivity index (χ1v) is 7.50. The maximum absolute atomic E-state index is 10.8. The lowest BCUT2D eigenvalue weighted by Gasteiger charge is -2.02. The van der Waals surface area contributed by atoms with E-state index in [-0.39, 0.29) is 10.9 Å². The van der Waals surface area contributed by atoms with Gasteiger partial charge in [0.2, 0.25) is 0 Å². The summed E-state index contributed by atoms with van der Waals surface area (Å²) in [4.78, 5) is 10.4. The van der Waals surface area contributed by atoms with Gasteiger partial charge in [0.05, 0.1) is 11.5 Å². The van der Waals surface area contributed by atoms with Crippen LogP contribution in [0.3, 0.4) is 0 Å². The van der Waals surface area contributed by atoms with Gasteiger partial charge in [0.25, 0.3) is 10.1 Å². The van der Waals surface area contributed by atoms with Crippen molar-refractivity contribution in [3.8, 4) is 0 Å². The molecule has 0 fully saturated rings. The van der Waals surface area contributed by atoms with Crippen molar-refractivity contribution >= 4 is 16.1 Å². The number of carbonyl (C=O) groups excluding carboxylic acids is 1. The minimum atomic E-state index is -4.06. The molecule has 0 aliphatic carbocycles. The Labute approximate surface area is 119 Å². The number of hydrogen-bond donors (Lipinski definition) is 2. The number of aryl methyl sites for hydroxylation is 2. The van der Waals surface area contributed by atoms with E-state index in [2.05, 4.69) is 4.74 Å². The van der Waals surface area contributed by atoms with Crippen LogP contribution in [0.25, 0.3) is 0 Å². The maximum atomic E-state index is 10.8. The smallest absolute Gasteiger partial charge is 0.322 e. The summed E-state index contributed by atoms with van der Waals surface area (Å²) in [6.07, 6.45) is 0. The van der Waals surface area contributed by atoms with Crippen molar-refractivity contribution in [3.05, 3.63) is 29.3 Å². The summed E-state index contributed by atoms with van der Waals surface area (Å²) in [7, 11) is -4.06. The molecule has 0 heterocycles. The van der Waals surface area contributed by atoms with Gasteiger partial charge in [-0.1, -0.05) is 12.1 Å². The van der Waals surface area contributed by atoms with Crippen molar-refractivity contribution in [1.82, 2.24) is 0 Å². The van der Waals surface area contributed by atoms with Crippen molar-refractivity contribution in [2.45, 2.75) is 38.6 Å². The molecule has 6 nitrogen and oxygen atoms in total. The Morgan fingerprint density at radius 3 is 2.25 bits per heavy atom. The summed E-state index contributed by atoms with van der Waals surface area (Å²) >= 11 is 0. The normalized spacial score (nSPS) is 12.1. The summed E-state index contributed by atoms with van der Waals surface area (Å²) in [6, 6.07) is 4.42. The van der Waals surface area contributed by atoms with Crippen molar-refractivity contribution in [2.24, 2.45) is 5.73 Å². The molecule has 114 valence electrons. The Bertz CT molecular complexity index is 552. The van der Waals surface area contributed by atoms with E-state index in [1.807, 2.05) is 0 Å². The molecule has 20 heavy (non-hydrogen) atoms. The van der Waals surface area contributed by atoms with Crippen LogP contribution in [0.15, 0.2) is 23.1 Å². The number of hydrogen-bond acceptors (Lipinski definition) is 5. The highest BCUT2D eigenvalue weighted by Gasteiger charge is 2.12. The third-order valence-electron chi connectivity index (χ3n) is 2.28. The fourth-order valence-corrected chi connectivity index (χ4v) is 2.07. The first-order chi connectivity index (χ1) is 9.09. The lowest BCUT2D eigenvalue weighted by molar-refractivity contribution is -0.144. The molecule has 0 saturated carbocycles. The predicted octanol–water partition coefficient (Wildman–Crippen LogP) is 1.45. The summed E-state index contributed by atoms with van der Waals surface area (Å²) < 4.78 is 34.8. The van der Waals surface area contributed by atoms with E-state index in [1.54, 1.807) is 39.8 Å². The minimum Gasteiger partial charge on any atom is -0.465 e. The Kier molecular flexibility index (Phi) is 7.41. The van der Waals surface area contributed by atoms with Crippen LogP contribution >= 0.6 is 0 Å². The highest BCUT2D eigenvalue weighted by Crippen LogP contribution is 2.15. The Balaban J connectivity index is 0.000000396. The molecule has 1 aromatic rings. The van der Waals surface area contributed by atoms with Gasteiger partial charge in [0.15, 0.2) is 0 Å². The minimum absolute atomic E-state index is 0.0116. The van der Waals surface area contributed by atoms with Crippen LogP contribution in [0.5, 0.6) is 0 Å². The average Bonchev–Trinajstić information content (AvgIpc) is 2.32. The zero-order valence-electron chi connectivity index (χ0n) is 12.1. The average molecular weight is 303 g/mol. The highest BCUT2D eigenvalue weighted by atomic mass is 32.2. The van der Waals surface area contributed by atoms with E-state index in [9.17, 15) is 13.2 Å². The largest absolute Gasteiger partial charge is 0.465 e. The van der Waals surface area contributed by atoms with E-state index < -0.39 is 16.2 Å². The van der Waals surface area contributed by atoms with Gasteiger partial charge in [-0.25, -0.2) is 0 Å². The SMILES string of the molecule is CCOC(=O)C(C)N.Cc1ccc(C)c(S(=O)(=O)O)c1. The molecule has 0 bridgehead atoms. The van der Waals surface area contributed by atoms with Crippen LogP contribution in [0.1, 0.15) is 25.0 Å². The molecule has 0 amide bonds. The highest BCUT2D eigenvalue weighted by molar-refractivity contribution is 7.85. The molecule has 0 aromatic heterocycles. The molecule has 0 spiro atoms. The lowest BCUT2D eigenvalue weighted by Crippen LogP contribution is -2.28. The summed E-state index contributed by atoms with van der Waals surface area (Å²) in [5.41, 5.74) is 6.52. The van der Waals surface area contributed by atoms with E-state index in [4.69, 9.17) is 10.3 Å². The fraction of sp³-hybridized carbons (Fsp3) is 0.462. The number of rotatable bonds is 3. The van der Waals surface area contributed by atoms with E-state index in [1.165, 1.54) is 6.07 Å². The van der Waals surface area contributed by atoms with Gasteiger partial charge >= 0.3 is 5.97 Å². The number of ether oxygens (including phenoxy) is 1. The second-order valence-electron chi connectivity index (χ2n) is 4.28. The van der Waals surface area contributed by atoms with Crippen LogP contribution in [0, 0.1) is 13.8 Å². The van der Waals surface area contributed by atoms with Crippen LogP contribution in [-0.4, -0.2) is 31.6 Å². The van der Waals surface area contributed by atoms with E-state index >= 15 is 0 Å². The van der Waals surface area contributed by atoms with Gasteiger partial charge in [-0.2, -0.15) is 8.42 Å². The lowest BCUT2D eigenvalue weighted by atomic mass is 10.2. The summed E-state index contributed by atoms with van der Waals surface area (Å²) in [6.45, 7) is 7.16. The molecule has 0 aliphatic heterocycles. The molecule has 3 N–H and O–H groups in total. The van der Waals surface area contributed by atoms with Gasteiger partial charge in [0.1, 0.15) is 6.04 Å². The first-order valence-electron chi connectivity index (χ1n) is 6.06. The molecule has 1 rings (SSSR count). The van der Waals surface area contributed by atoms with Gasteiger partial charge in [-0.05, 0) is 44.9 Å². The zero-order valence-corrected chi connectivity index (χ0v) is 12.9. The van der Waals surface area contributed by atoms with E-state index in [0.29, 0.717) is 12.2 Å². The maximum Gasteiger partial charge on any atom is 0.322 e. The molecule has 1 unspecified atom stereocenters. The zero-order chi connectivity index (χ0) is 15.9. The van der Waals surface area contributed by atoms with Crippen LogP contribution in [0.2, 0.25) is 0 Å². The quantitative estimate of drug-likeness (QED) is 0.646. The molecular weight excluding hydrogens is 282 g/mol. The Morgan fingerprint density at radius 1 is 1.40 bits per heavy atom. The first kappa shape index (κ1) is 18.6. The van der Waals surface area contributed by atoms with Crippen molar-refractivity contribution in [3.63, 3.8) is 0 Å². The van der Waals surface area contributed by atoms with E-state index in [0.717, 1.165) is 5.56 Å². The number of carbonyl (C=O) groups is 1. The Morgan fingerprint density at radius 2 is 1.95 bits per heavy atom. The third-order valence-corrected chi connectivity index (χ3v) is 3.28. The second-order valence-corrected chi connectivity index (χ2v) is 5.67. The van der Waals surface area contributed by atoms with Crippen molar-refractivity contribution in [2.75, 3.05) is 6.61 Å². The monoisotopic (exact) mass is 303 g/mol. The van der Waals surface area contributed by atoms with Crippen molar-refractivity contribution in [1.29, 1.82) is 0 Å². The molecule has 0 aliphatic rings. The third kappa shape index (κ3) is 6.65. The summed E-state index contributed by atoms with van der Waals surface area (Å²) in [5, 5.41) is 0. The topological polar surface area (TPSA) is 107 Å². The van der Waals surface area contributed by atoms with Crippen molar-refractivity contribution < 1.29 is 22.5 Å². The molecular formula is C13H21NO5S. The molecule has 0 saturated heterocycles.